The first-order valence-corrected chi connectivity index (χ1v) is 9.54. The van der Waals surface area contributed by atoms with Crippen LogP contribution in [0.15, 0.2) is 18.2 Å². The number of rotatable bonds is 6. The van der Waals surface area contributed by atoms with E-state index in [1.54, 1.807) is 6.07 Å². The van der Waals surface area contributed by atoms with Gasteiger partial charge >= 0.3 is 0 Å². The number of halogens is 1. The summed E-state index contributed by atoms with van der Waals surface area (Å²) < 4.78 is 42.2. The monoisotopic (exact) mass is 343 g/mol. The number of carbonyl (C=O) groups excluding carboxylic acids is 1. The Morgan fingerprint density at radius 1 is 1.39 bits per heavy atom. The highest BCUT2D eigenvalue weighted by molar-refractivity contribution is 7.91. The molecule has 2 rings (SSSR count). The predicted octanol–water partition coefficient (Wildman–Crippen LogP) is 2.12. The molecule has 0 unspecified atom stereocenters. The van der Waals surface area contributed by atoms with Crippen molar-refractivity contribution in [2.75, 3.05) is 26.0 Å². The highest BCUT2D eigenvalue weighted by Gasteiger charge is 2.38. The van der Waals surface area contributed by atoms with Crippen molar-refractivity contribution in [1.82, 2.24) is 4.90 Å². The molecule has 1 aliphatic rings. The lowest BCUT2D eigenvalue weighted by molar-refractivity contribution is 0.0654. The largest absolute Gasteiger partial charge is 0.493 e. The highest BCUT2D eigenvalue weighted by Crippen LogP contribution is 2.23. The number of carbonyl (C=O) groups is 1. The van der Waals surface area contributed by atoms with E-state index in [0.29, 0.717) is 18.3 Å². The maximum atomic E-state index is 14.1. The van der Waals surface area contributed by atoms with Crippen LogP contribution in [0, 0.1) is 11.7 Å². The summed E-state index contributed by atoms with van der Waals surface area (Å²) in [4.78, 5) is 13.5. The smallest absolute Gasteiger partial charge is 0.256 e. The number of sulfone groups is 1. The van der Waals surface area contributed by atoms with Crippen LogP contribution in [-0.4, -0.2) is 50.4 Å². The molecule has 1 fully saturated rings. The standard InChI is InChI=1S/C16H22FNO4S/c1-11(2)6-7-22-12-4-5-14(15(17)8-12)16(19)18-9-13(10-18)23(3,20)21/h4-5,8,11,13H,6-7,9-10H2,1-3H3. The van der Waals surface area contributed by atoms with Crippen molar-refractivity contribution in [3.8, 4) is 5.75 Å². The maximum Gasteiger partial charge on any atom is 0.256 e. The predicted molar refractivity (Wildman–Crippen MR) is 85.9 cm³/mol. The molecule has 0 bridgehead atoms. The van der Waals surface area contributed by atoms with Gasteiger partial charge in [-0.15, -0.1) is 0 Å². The number of hydrogen-bond donors (Lipinski definition) is 0. The van der Waals surface area contributed by atoms with Gasteiger partial charge in [-0.1, -0.05) is 13.8 Å². The summed E-state index contributed by atoms with van der Waals surface area (Å²) in [6.45, 7) is 4.87. The Hall–Kier alpha value is -1.63. The Balaban J connectivity index is 1.97. The third kappa shape index (κ3) is 4.43. The summed E-state index contributed by atoms with van der Waals surface area (Å²) in [5, 5.41) is -0.548. The van der Waals surface area contributed by atoms with Gasteiger partial charge in [-0.05, 0) is 24.5 Å². The van der Waals surface area contributed by atoms with Gasteiger partial charge in [0.1, 0.15) is 11.6 Å². The zero-order valence-corrected chi connectivity index (χ0v) is 14.4. The molecule has 0 spiro atoms. The van der Waals surface area contributed by atoms with Crippen LogP contribution in [-0.2, 0) is 9.84 Å². The zero-order valence-electron chi connectivity index (χ0n) is 13.6. The Kier molecular flexibility index (Phi) is 5.29. The summed E-state index contributed by atoms with van der Waals surface area (Å²) in [7, 11) is -3.16. The number of amides is 1. The van der Waals surface area contributed by atoms with Crippen LogP contribution < -0.4 is 4.74 Å². The minimum absolute atomic E-state index is 0.0619. The molecular weight excluding hydrogens is 321 g/mol. The van der Waals surface area contributed by atoms with Crippen LogP contribution in [0.5, 0.6) is 5.75 Å². The normalized spacial score (nSPS) is 15.6. The van der Waals surface area contributed by atoms with Gasteiger partial charge in [-0.3, -0.25) is 4.79 Å². The van der Waals surface area contributed by atoms with Gasteiger partial charge in [-0.25, -0.2) is 12.8 Å². The van der Waals surface area contributed by atoms with Crippen molar-refractivity contribution in [2.24, 2.45) is 5.92 Å². The second-order valence-electron chi connectivity index (χ2n) is 6.33. The second kappa shape index (κ2) is 6.86. The second-order valence-corrected chi connectivity index (χ2v) is 8.66. The SMILES string of the molecule is CC(C)CCOc1ccc(C(=O)N2CC(S(C)(=O)=O)C2)c(F)c1. The van der Waals surface area contributed by atoms with Crippen molar-refractivity contribution in [1.29, 1.82) is 0 Å². The van der Waals surface area contributed by atoms with E-state index in [9.17, 15) is 17.6 Å². The molecule has 7 heteroatoms. The topological polar surface area (TPSA) is 63.7 Å². The quantitative estimate of drug-likeness (QED) is 0.794. The molecule has 0 aliphatic carbocycles. The van der Waals surface area contributed by atoms with Crippen molar-refractivity contribution in [3.05, 3.63) is 29.6 Å². The lowest BCUT2D eigenvalue weighted by atomic mass is 10.1. The molecule has 0 saturated carbocycles. The minimum Gasteiger partial charge on any atom is -0.493 e. The molecule has 1 saturated heterocycles. The third-order valence-electron chi connectivity index (χ3n) is 3.88. The molecule has 128 valence electrons. The molecule has 1 aromatic rings. The summed E-state index contributed by atoms with van der Waals surface area (Å²) in [5.74, 6) is -0.261. The Morgan fingerprint density at radius 2 is 2.04 bits per heavy atom. The lowest BCUT2D eigenvalue weighted by Gasteiger charge is -2.38. The van der Waals surface area contributed by atoms with Crippen LogP contribution in [0.3, 0.4) is 0 Å². The molecular formula is C16H22FNO4S. The van der Waals surface area contributed by atoms with E-state index in [0.717, 1.165) is 12.7 Å². The van der Waals surface area contributed by atoms with Crippen molar-refractivity contribution >= 4 is 15.7 Å². The Bertz CT molecular complexity index is 681. The first kappa shape index (κ1) is 17.7. The molecule has 1 aliphatic heterocycles. The van der Waals surface area contributed by atoms with Gasteiger partial charge in [-0.2, -0.15) is 0 Å². The number of nitrogens with zero attached hydrogens (tertiary/aromatic N) is 1. The molecule has 0 radical (unpaired) electrons. The van der Waals surface area contributed by atoms with Gasteiger partial charge in [0.05, 0.1) is 17.4 Å². The van der Waals surface area contributed by atoms with Crippen LogP contribution in [0.1, 0.15) is 30.6 Å². The summed E-state index contributed by atoms with van der Waals surface area (Å²) >= 11 is 0. The van der Waals surface area contributed by atoms with E-state index >= 15 is 0 Å². The first-order chi connectivity index (χ1) is 10.7. The van der Waals surface area contributed by atoms with Crippen molar-refractivity contribution in [2.45, 2.75) is 25.5 Å². The van der Waals surface area contributed by atoms with Crippen LogP contribution >= 0.6 is 0 Å². The van der Waals surface area contributed by atoms with E-state index < -0.39 is 26.8 Å². The molecule has 0 atom stereocenters. The first-order valence-electron chi connectivity index (χ1n) is 7.59. The molecule has 23 heavy (non-hydrogen) atoms. The van der Waals surface area contributed by atoms with Gasteiger partial charge in [0.2, 0.25) is 0 Å². The van der Waals surface area contributed by atoms with Crippen molar-refractivity contribution in [3.63, 3.8) is 0 Å². The number of likely N-dealkylation sites (tertiary alicyclic amines) is 1. The molecule has 5 nitrogen and oxygen atoms in total. The Morgan fingerprint density at radius 3 is 2.57 bits per heavy atom. The molecule has 1 amide bonds. The lowest BCUT2D eigenvalue weighted by Crippen LogP contribution is -2.56. The minimum atomic E-state index is -3.16. The fourth-order valence-corrected chi connectivity index (χ4v) is 3.12. The van der Waals surface area contributed by atoms with Crippen LogP contribution in [0.25, 0.3) is 0 Å². The summed E-state index contributed by atoms with van der Waals surface area (Å²) in [6.07, 6.45) is 2.01. The van der Waals surface area contributed by atoms with Gasteiger partial charge < -0.3 is 9.64 Å². The number of hydrogen-bond acceptors (Lipinski definition) is 4. The van der Waals surface area contributed by atoms with E-state index in [4.69, 9.17) is 4.74 Å². The summed E-state index contributed by atoms with van der Waals surface area (Å²) in [5.41, 5.74) is -0.0619. The third-order valence-corrected chi connectivity index (χ3v) is 5.38. The molecule has 1 heterocycles. The van der Waals surface area contributed by atoms with E-state index in [1.165, 1.54) is 17.0 Å². The fraction of sp³-hybridized carbons (Fsp3) is 0.562. The van der Waals surface area contributed by atoms with Crippen LogP contribution in [0.2, 0.25) is 0 Å². The van der Waals surface area contributed by atoms with Gasteiger partial charge in [0.15, 0.2) is 9.84 Å². The molecule has 0 N–H and O–H groups in total. The van der Waals surface area contributed by atoms with Gasteiger partial charge in [0, 0.05) is 25.4 Å². The zero-order chi connectivity index (χ0) is 17.2. The molecule has 1 aromatic carbocycles. The van der Waals surface area contributed by atoms with Crippen molar-refractivity contribution < 1.29 is 22.3 Å². The summed E-state index contributed by atoms with van der Waals surface area (Å²) in [6, 6.07) is 4.14. The van der Waals surface area contributed by atoms with E-state index in [1.807, 2.05) is 0 Å². The average molecular weight is 343 g/mol. The van der Waals surface area contributed by atoms with E-state index in [2.05, 4.69) is 13.8 Å². The van der Waals surface area contributed by atoms with Gasteiger partial charge in [0.25, 0.3) is 5.91 Å². The maximum absolute atomic E-state index is 14.1. The highest BCUT2D eigenvalue weighted by atomic mass is 32.2. The van der Waals surface area contributed by atoms with Crippen LogP contribution in [0.4, 0.5) is 4.39 Å². The number of ether oxygens (including phenoxy) is 1. The fourth-order valence-electron chi connectivity index (χ4n) is 2.22. The average Bonchev–Trinajstić information content (AvgIpc) is 2.34. The van der Waals surface area contributed by atoms with E-state index in [-0.39, 0.29) is 18.7 Å². The Labute approximate surface area is 136 Å². The molecule has 0 aromatic heterocycles. The number of benzene rings is 1.